The zero-order chi connectivity index (χ0) is 20.4. The van der Waals surface area contributed by atoms with Gasteiger partial charge in [0.2, 0.25) is 0 Å². The number of ether oxygens (including phenoxy) is 1. The number of nitrogens with zero attached hydrogens (tertiary/aromatic N) is 2. The number of phenols is 2. The number of aromatic hydroxyl groups is 2. The largest absolute Gasteiger partial charge is 0.507 e. The molecule has 2 aromatic carbocycles. The molecule has 5 nitrogen and oxygen atoms in total. The van der Waals surface area contributed by atoms with Crippen LogP contribution in [-0.4, -0.2) is 27.3 Å². The van der Waals surface area contributed by atoms with Gasteiger partial charge in [-0.05, 0) is 55.5 Å². The first-order chi connectivity index (χ1) is 14.0. The molecule has 0 saturated carbocycles. The average Bonchev–Trinajstić information content (AvgIpc) is 2.75. The van der Waals surface area contributed by atoms with Crippen LogP contribution in [0.5, 0.6) is 17.2 Å². The Morgan fingerprint density at radius 1 is 0.655 bits per heavy atom. The van der Waals surface area contributed by atoms with Gasteiger partial charge in [-0.1, -0.05) is 23.8 Å². The lowest BCUT2D eigenvalue weighted by Crippen LogP contribution is -1.93. The summed E-state index contributed by atoms with van der Waals surface area (Å²) in [6.45, 7) is 1.97. The Morgan fingerprint density at radius 3 is 1.90 bits per heavy atom. The second-order valence-corrected chi connectivity index (χ2v) is 6.72. The van der Waals surface area contributed by atoms with Gasteiger partial charge in [0, 0.05) is 17.2 Å². The van der Waals surface area contributed by atoms with Crippen molar-refractivity contribution in [2.75, 3.05) is 7.11 Å². The van der Waals surface area contributed by atoms with Crippen LogP contribution >= 0.6 is 0 Å². The molecule has 0 amide bonds. The summed E-state index contributed by atoms with van der Waals surface area (Å²) in [6.07, 6.45) is 0. The number of hydrogen-bond donors (Lipinski definition) is 2. The summed E-state index contributed by atoms with van der Waals surface area (Å²) >= 11 is 0. The van der Waals surface area contributed by atoms with E-state index in [9.17, 15) is 10.2 Å². The number of aromatic nitrogens is 2. The highest BCUT2D eigenvalue weighted by atomic mass is 16.5. The highest BCUT2D eigenvalue weighted by molar-refractivity contribution is 5.72. The summed E-state index contributed by atoms with van der Waals surface area (Å²) in [5.74, 6) is 0.861. The molecule has 0 bridgehead atoms. The van der Waals surface area contributed by atoms with Crippen LogP contribution in [0, 0.1) is 6.92 Å². The molecular weight excluding hydrogens is 364 g/mol. The van der Waals surface area contributed by atoms with Gasteiger partial charge < -0.3 is 14.9 Å². The molecule has 29 heavy (non-hydrogen) atoms. The predicted molar refractivity (Wildman–Crippen MR) is 113 cm³/mol. The zero-order valence-electron chi connectivity index (χ0n) is 16.1. The molecule has 144 valence electrons. The van der Waals surface area contributed by atoms with Crippen molar-refractivity contribution in [1.29, 1.82) is 0 Å². The van der Waals surface area contributed by atoms with E-state index in [1.165, 1.54) is 0 Å². The first-order valence-electron chi connectivity index (χ1n) is 9.17. The van der Waals surface area contributed by atoms with Gasteiger partial charge in [-0.25, -0.2) is 9.97 Å². The third-order valence-electron chi connectivity index (χ3n) is 4.67. The molecule has 2 aromatic heterocycles. The quantitative estimate of drug-likeness (QED) is 0.505. The maximum atomic E-state index is 10.3. The van der Waals surface area contributed by atoms with E-state index in [1.807, 2.05) is 55.5 Å². The Hall–Kier alpha value is -3.86. The summed E-state index contributed by atoms with van der Waals surface area (Å²) in [5, 5.41) is 20.5. The van der Waals surface area contributed by atoms with Crippen molar-refractivity contribution in [2.45, 2.75) is 6.92 Å². The maximum Gasteiger partial charge on any atom is 0.128 e. The molecule has 0 aliphatic carbocycles. The molecule has 0 aliphatic rings. The fraction of sp³-hybridized carbons (Fsp3) is 0.0833. The van der Waals surface area contributed by atoms with Crippen molar-refractivity contribution in [1.82, 2.24) is 9.97 Å². The van der Waals surface area contributed by atoms with E-state index in [-0.39, 0.29) is 11.5 Å². The van der Waals surface area contributed by atoms with Crippen LogP contribution in [0.15, 0.2) is 72.8 Å². The van der Waals surface area contributed by atoms with Gasteiger partial charge in [0.25, 0.3) is 0 Å². The topological polar surface area (TPSA) is 75.5 Å². The smallest absolute Gasteiger partial charge is 0.128 e. The lowest BCUT2D eigenvalue weighted by atomic mass is 10.1. The highest BCUT2D eigenvalue weighted by Gasteiger charge is 2.11. The Morgan fingerprint density at radius 2 is 1.28 bits per heavy atom. The molecule has 0 unspecified atom stereocenters. The summed E-state index contributed by atoms with van der Waals surface area (Å²) in [7, 11) is 1.55. The van der Waals surface area contributed by atoms with Crippen LogP contribution in [0.4, 0.5) is 0 Å². The van der Waals surface area contributed by atoms with Gasteiger partial charge in [0.15, 0.2) is 0 Å². The minimum Gasteiger partial charge on any atom is -0.507 e. The highest BCUT2D eigenvalue weighted by Crippen LogP contribution is 2.33. The molecule has 0 radical (unpaired) electrons. The van der Waals surface area contributed by atoms with Crippen LogP contribution in [0.3, 0.4) is 0 Å². The van der Waals surface area contributed by atoms with Gasteiger partial charge in [-0.15, -0.1) is 0 Å². The Balaban J connectivity index is 1.75. The van der Waals surface area contributed by atoms with Crippen LogP contribution in [0.25, 0.3) is 33.9 Å². The standard InChI is InChI=1S/C24H20N2O3/c1-15-9-12-23(27)18(13-15)20-6-4-8-22(26-20)21-7-3-5-19(25-21)17-11-10-16(29-2)14-24(17)28/h3-14,27-28H,1-2H3. The van der Waals surface area contributed by atoms with Crippen LogP contribution in [-0.2, 0) is 0 Å². The molecule has 0 saturated heterocycles. The predicted octanol–water partition coefficient (Wildman–Crippen LogP) is 5.21. The fourth-order valence-electron chi connectivity index (χ4n) is 3.16. The summed E-state index contributed by atoms with van der Waals surface area (Å²) in [5.41, 5.74) is 4.98. The fourth-order valence-corrected chi connectivity index (χ4v) is 3.16. The van der Waals surface area contributed by atoms with Gasteiger partial charge in [-0.2, -0.15) is 0 Å². The minimum absolute atomic E-state index is 0.0976. The van der Waals surface area contributed by atoms with E-state index in [0.29, 0.717) is 39.7 Å². The molecule has 0 atom stereocenters. The summed E-state index contributed by atoms with van der Waals surface area (Å²) < 4.78 is 5.14. The van der Waals surface area contributed by atoms with E-state index < -0.39 is 0 Å². The third kappa shape index (κ3) is 3.75. The van der Waals surface area contributed by atoms with Gasteiger partial charge >= 0.3 is 0 Å². The Kier molecular flexibility index (Phi) is 4.87. The number of pyridine rings is 2. The monoisotopic (exact) mass is 384 g/mol. The van der Waals surface area contributed by atoms with E-state index in [2.05, 4.69) is 4.98 Å². The average molecular weight is 384 g/mol. The second kappa shape index (κ2) is 7.64. The molecule has 2 N–H and O–H groups in total. The van der Waals surface area contributed by atoms with Crippen molar-refractivity contribution in [3.63, 3.8) is 0 Å². The summed E-state index contributed by atoms with van der Waals surface area (Å²) in [4.78, 5) is 9.37. The van der Waals surface area contributed by atoms with Crippen LogP contribution < -0.4 is 4.74 Å². The minimum atomic E-state index is 0.0976. The SMILES string of the molecule is COc1ccc(-c2cccc(-c3cccc(-c4cc(C)ccc4O)n3)n2)c(O)c1. The number of benzene rings is 2. The van der Waals surface area contributed by atoms with Crippen molar-refractivity contribution < 1.29 is 14.9 Å². The molecule has 4 aromatic rings. The number of phenolic OH excluding ortho intramolecular Hbond substituents is 2. The molecule has 0 spiro atoms. The Labute approximate surface area is 168 Å². The van der Waals surface area contributed by atoms with Gasteiger partial charge in [0.05, 0.1) is 29.9 Å². The van der Waals surface area contributed by atoms with E-state index in [4.69, 9.17) is 9.72 Å². The molecule has 0 fully saturated rings. The molecule has 2 heterocycles. The van der Waals surface area contributed by atoms with Gasteiger partial charge in [-0.3, -0.25) is 0 Å². The van der Waals surface area contributed by atoms with Crippen LogP contribution in [0.1, 0.15) is 5.56 Å². The number of hydrogen-bond acceptors (Lipinski definition) is 5. The lowest BCUT2D eigenvalue weighted by Gasteiger charge is -2.10. The van der Waals surface area contributed by atoms with Crippen molar-refractivity contribution in [3.05, 3.63) is 78.4 Å². The molecule has 0 aliphatic heterocycles. The summed E-state index contributed by atoms with van der Waals surface area (Å²) in [6, 6.07) is 21.7. The first-order valence-corrected chi connectivity index (χ1v) is 9.17. The second-order valence-electron chi connectivity index (χ2n) is 6.72. The first kappa shape index (κ1) is 18.5. The van der Waals surface area contributed by atoms with E-state index in [0.717, 1.165) is 5.56 Å². The van der Waals surface area contributed by atoms with Crippen LogP contribution in [0.2, 0.25) is 0 Å². The van der Waals surface area contributed by atoms with Crippen molar-refractivity contribution >= 4 is 0 Å². The normalized spacial score (nSPS) is 10.7. The van der Waals surface area contributed by atoms with E-state index in [1.54, 1.807) is 31.4 Å². The molecule has 5 heteroatoms. The number of aryl methyl sites for hydroxylation is 1. The van der Waals surface area contributed by atoms with Crippen molar-refractivity contribution in [3.8, 4) is 51.2 Å². The molecule has 4 rings (SSSR count). The Bertz CT molecular complexity index is 1190. The van der Waals surface area contributed by atoms with Gasteiger partial charge in [0.1, 0.15) is 17.2 Å². The number of methoxy groups -OCH3 is 1. The maximum absolute atomic E-state index is 10.3. The zero-order valence-corrected chi connectivity index (χ0v) is 16.1. The van der Waals surface area contributed by atoms with E-state index >= 15 is 0 Å². The molecular formula is C24H20N2O3. The lowest BCUT2D eigenvalue weighted by molar-refractivity contribution is 0.408. The van der Waals surface area contributed by atoms with Crippen molar-refractivity contribution in [2.24, 2.45) is 0 Å². The number of rotatable bonds is 4. The third-order valence-corrected chi connectivity index (χ3v) is 4.67.